The highest BCUT2D eigenvalue weighted by Gasteiger charge is 2.17. The minimum absolute atomic E-state index is 0.126. The zero-order valence-electron chi connectivity index (χ0n) is 14.6. The first-order valence-electron chi connectivity index (χ1n) is 8.71. The molecule has 2 aromatic heterocycles. The van der Waals surface area contributed by atoms with Gasteiger partial charge in [0.1, 0.15) is 15.7 Å². The van der Waals surface area contributed by atoms with E-state index in [4.69, 9.17) is 0 Å². The van der Waals surface area contributed by atoms with Gasteiger partial charge in [0, 0.05) is 16.3 Å². The number of carbonyl (C=O) groups excluding carboxylic acids is 1. The van der Waals surface area contributed by atoms with Gasteiger partial charge in [-0.1, -0.05) is 37.4 Å². The van der Waals surface area contributed by atoms with Crippen LogP contribution in [0.25, 0.3) is 10.2 Å². The lowest BCUT2D eigenvalue weighted by molar-refractivity contribution is -0.119. The minimum atomic E-state index is 0.126. The molecule has 2 aromatic rings. The van der Waals surface area contributed by atoms with Crippen molar-refractivity contribution in [1.29, 1.82) is 0 Å². The lowest BCUT2D eigenvalue weighted by Crippen LogP contribution is -2.35. The monoisotopic (exact) mass is 363 g/mol. The van der Waals surface area contributed by atoms with Crippen molar-refractivity contribution in [2.24, 2.45) is 0 Å². The van der Waals surface area contributed by atoms with E-state index < -0.39 is 0 Å². The molecule has 0 spiro atoms. The van der Waals surface area contributed by atoms with Crippen LogP contribution in [0.5, 0.6) is 0 Å². The van der Waals surface area contributed by atoms with E-state index in [1.54, 1.807) is 11.3 Å². The summed E-state index contributed by atoms with van der Waals surface area (Å²) in [5.74, 6) is 1.33. The predicted molar refractivity (Wildman–Crippen MR) is 102 cm³/mol. The van der Waals surface area contributed by atoms with E-state index in [2.05, 4.69) is 29.1 Å². The molecule has 4 nitrogen and oxygen atoms in total. The predicted octanol–water partition coefficient (Wildman–Crippen LogP) is 4.55. The number of hydrogen-bond acceptors (Lipinski definition) is 5. The summed E-state index contributed by atoms with van der Waals surface area (Å²) in [4.78, 5) is 23.8. The average molecular weight is 364 g/mol. The van der Waals surface area contributed by atoms with Crippen molar-refractivity contribution in [2.45, 2.75) is 70.4 Å². The Morgan fingerprint density at radius 3 is 2.58 bits per heavy atom. The molecule has 1 fully saturated rings. The summed E-state index contributed by atoms with van der Waals surface area (Å²) in [6, 6.07) is 0.359. The number of thioether (sulfide) groups is 1. The number of nitrogens with zero attached hydrogens (tertiary/aromatic N) is 2. The molecular weight excluding hydrogens is 338 g/mol. The lowest BCUT2D eigenvalue weighted by atomic mass is 10.1. The van der Waals surface area contributed by atoms with Crippen LogP contribution in [0.1, 0.15) is 54.8 Å². The van der Waals surface area contributed by atoms with Crippen LogP contribution in [0.15, 0.2) is 5.03 Å². The van der Waals surface area contributed by atoms with E-state index in [-0.39, 0.29) is 5.91 Å². The topological polar surface area (TPSA) is 54.9 Å². The van der Waals surface area contributed by atoms with E-state index >= 15 is 0 Å². The second-order valence-corrected chi connectivity index (χ2v) is 8.75. The molecule has 6 heteroatoms. The maximum atomic E-state index is 12.3. The average Bonchev–Trinajstić information content (AvgIpc) is 2.71. The first kappa shape index (κ1) is 17.7. The summed E-state index contributed by atoms with van der Waals surface area (Å²) in [6.45, 7) is 6.15. The summed E-state index contributed by atoms with van der Waals surface area (Å²) >= 11 is 3.24. The number of carbonyl (C=O) groups is 1. The molecule has 0 unspecified atom stereocenters. The van der Waals surface area contributed by atoms with Crippen LogP contribution in [-0.2, 0) is 4.79 Å². The third kappa shape index (κ3) is 4.09. The Morgan fingerprint density at radius 2 is 1.88 bits per heavy atom. The maximum Gasteiger partial charge on any atom is 0.230 e. The molecule has 0 radical (unpaired) electrons. The second-order valence-electron chi connectivity index (χ2n) is 6.58. The zero-order valence-corrected chi connectivity index (χ0v) is 16.3. The molecule has 1 aliphatic rings. The number of amides is 1. The number of fused-ring (bicyclic) bond motifs is 1. The van der Waals surface area contributed by atoms with E-state index in [0.29, 0.717) is 11.8 Å². The van der Waals surface area contributed by atoms with E-state index in [0.717, 1.165) is 33.9 Å². The van der Waals surface area contributed by atoms with E-state index in [1.165, 1.54) is 47.9 Å². The Labute approximate surface area is 151 Å². The quantitative estimate of drug-likeness (QED) is 0.492. The Bertz CT molecular complexity index is 733. The number of thiophene rings is 1. The summed E-state index contributed by atoms with van der Waals surface area (Å²) < 4.78 is 0. The second kappa shape index (κ2) is 7.83. The largest absolute Gasteiger partial charge is 0.353 e. The van der Waals surface area contributed by atoms with Crippen molar-refractivity contribution in [3.63, 3.8) is 0 Å². The van der Waals surface area contributed by atoms with Crippen molar-refractivity contribution in [2.75, 3.05) is 5.75 Å². The molecule has 0 saturated heterocycles. The summed E-state index contributed by atoms with van der Waals surface area (Å²) in [5.41, 5.74) is 1.24. The fourth-order valence-corrected chi connectivity index (χ4v) is 5.33. The van der Waals surface area contributed by atoms with Crippen molar-refractivity contribution < 1.29 is 4.79 Å². The van der Waals surface area contributed by atoms with Gasteiger partial charge in [0.05, 0.1) is 5.75 Å². The number of hydrogen-bond donors (Lipinski definition) is 1. The minimum Gasteiger partial charge on any atom is -0.353 e. The molecule has 0 aromatic carbocycles. The van der Waals surface area contributed by atoms with Gasteiger partial charge in [-0.15, -0.1) is 11.3 Å². The van der Waals surface area contributed by atoms with Crippen LogP contribution < -0.4 is 5.32 Å². The molecule has 0 bridgehead atoms. The van der Waals surface area contributed by atoms with Gasteiger partial charge in [-0.25, -0.2) is 9.97 Å². The Morgan fingerprint density at radius 1 is 1.17 bits per heavy atom. The number of nitrogens with one attached hydrogen (secondary N) is 1. The van der Waals surface area contributed by atoms with Crippen LogP contribution in [0.3, 0.4) is 0 Å². The van der Waals surface area contributed by atoms with Crippen molar-refractivity contribution in [3.05, 3.63) is 16.3 Å². The van der Waals surface area contributed by atoms with Crippen LogP contribution in [0, 0.1) is 20.8 Å². The highest BCUT2D eigenvalue weighted by Crippen LogP contribution is 2.35. The number of aryl methyl sites for hydroxylation is 3. The normalized spacial score (nSPS) is 16.3. The van der Waals surface area contributed by atoms with Gasteiger partial charge in [-0.05, 0) is 39.2 Å². The van der Waals surface area contributed by atoms with Crippen LogP contribution in [0.4, 0.5) is 0 Å². The Balaban J connectivity index is 1.67. The molecule has 1 saturated carbocycles. The molecule has 0 aliphatic heterocycles. The highest BCUT2D eigenvalue weighted by atomic mass is 32.2. The third-order valence-corrected chi connectivity index (χ3v) is 6.74. The standard InChI is InChI=1S/C18H25N3OS2/c1-11-12(2)24-18-16(11)17(19-13(3)20-18)23-10-15(22)21-14-8-6-4-5-7-9-14/h14H,4-10H2,1-3H3,(H,21,22). The highest BCUT2D eigenvalue weighted by molar-refractivity contribution is 8.00. The van der Waals surface area contributed by atoms with Gasteiger partial charge < -0.3 is 5.32 Å². The zero-order chi connectivity index (χ0) is 17.1. The third-order valence-electron chi connectivity index (χ3n) is 4.67. The molecule has 2 heterocycles. The first-order chi connectivity index (χ1) is 11.5. The molecule has 1 amide bonds. The van der Waals surface area contributed by atoms with E-state index in [1.807, 2.05) is 6.92 Å². The molecule has 130 valence electrons. The molecule has 3 rings (SSSR count). The van der Waals surface area contributed by atoms with Crippen molar-refractivity contribution in [1.82, 2.24) is 15.3 Å². The molecule has 1 N–H and O–H groups in total. The fourth-order valence-electron chi connectivity index (χ4n) is 3.25. The van der Waals surface area contributed by atoms with E-state index in [9.17, 15) is 4.79 Å². The molecule has 0 atom stereocenters. The Kier molecular flexibility index (Phi) is 5.76. The SMILES string of the molecule is Cc1nc(SCC(=O)NC2CCCCCC2)c2c(C)c(C)sc2n1. The van der Waals surface area contributed by atoms with Crippen molar-refractivity contribution in [3.8, 4) is 0 Å². The van der Waals surface area contributed by atoms with Gasteiger partial charge in [0.25, 0.3) is 0 Å². The number of rotatable bonds is 4. The first-order valence-corrected chi connectivity index (χ1v) is 10.5. The fraction of sp³-hybridized carbons (Fsp3) is 0.611. The molecule has 1 aliphatic carbocycles. The van der Waals surface area contributed by atoms with Crippen LogP contribution >= 0.6 is 23.1 Å². The Hall–Kier alpha value is -1.14. The lowest BCUT2D eigenvalue weighted by Gasteiger charge is -2.16. The smallest absolute Gasteiger partial charge is 0.230 e. The van der Waals surface area contributed by atoms with Gasteiger partial charge in [0.2, 0.25) is 5.91 Å². The van der Waals surface area contributed by atoms with Gasteiger partial charge in [-0.3, -0.25) is 4.79 Å². The van der Waals surface area contributed by atoms with Crippen molar-refractivity contribution >= 4 is 39.2 Å². The summed E-state index contributed by atoms with van der Waals surface area (Å²) in [7, 11) is 0. The molecular formula is C18H25N3OS2. The number of aromatic nitrogens is 2. The summed E-state index contributed by atoms with van der Waals surface area (Å²) in [6.07, 6.45) is 7.31. The van der Waals surface area contributed by atoms with Gasteiger partial charge in [-0.2, -0.15) is 0 Å². The van der Waals surface area contributed by atoms with Gasteiger partial charge >= 0.3 is 0 Å². The van der Waals surface area contributed by atoms with Crippen LogP contribution in [0.2, 0.25) is 0 Å². The molecule has 24 heavy (non-hydrogen) atoms. The summed E-state index contributed by atoms with van der Waals surface area (Å²) in [5, 5.41) is 5.27. The maximum absolute atomic E-state index is 12.3. The van der Waals surface area contributed by atoms with Crippen LogP contribution in [-0.4, -0.2) is 27.7 Å². The van der Waals surface area contributed by atoms with Gasteiger partial charge in [0.15, 0.2) is 0 Å².